The van der Waals surface area contributed by atoms with Gasteiger partial charge in [0, 0.05) is 25.8 Å². The molecule has 0 radical (unpaired) electrons. The second kappa shape index (κ2) is 7.12. The second-order valence-corrected chi connectivity index (χ2v) is 7.56. The molecule has 0 atom stereocenters. The van der Waals surface area contributed by atoms with Gasteiger partial charge in [0.2, 0.25) is 0 Å². The van der Waals surface area contributed by atoms with Gasteiger partial charge in [-0.1, -0.05) is 46.8 Å². The second-order valence-electron chi connectivity index (χ2n) is 7.56. The zero-order valence-corrected chi connectivity index (χ0v) is 14.4. The summed E-state index contributed by atoms with van der Waals surface area (Å²) in [6.45, 7) is 16.6. The number of hydrogen-bond acceptors (Lipinski definition) is 2. The van der Waals surface area contributed by atoms with Crippen LogP contribution in [-0.4, -0.2) is 20.1 Å². The maximum Gasteiger partial charge on any atom is 0.0393 e. The van der Waals surface area contributed by atoms with E-state index in [4.69, 9.17) is 0 Å². The van der Waals surface area contributed by atoms with E-state index in [0.29, 0.717) is 11.3 Å². The van der Waals surface area contributed by atoms with Gasteiger partial charge < -0.3 is 10.2 Å². The Morgan fingerprint density at radius 3 is 2.35 bits per heavy atom. The number of anilines is 1. The Kier molecular flexibility index (Phi) is 6.07. The smallest absolute Gasteiger partial charge is 0.0393 e. The monoisotopic (exact) mass is 276 g/mol. The zero-order valence-electron chi connectivity index (χ0n) is 14.4. The molecule has 1 aromatic rings. The van der Waals surface area contributed by atoms with Gasteiger partial charge in [-0.15, -0.1) is 0 Å². The molecule has 2 heteroatoms. The molecule has 0 amide bonds. The van der Waals surface area contributed by atoms with Gasteiger partial charge >= 0.3 is 0 Å². The summed E-state index contributed by atoms with van der Waals surface area (Å²) in [6, 6.07) is 6.81. The summed E-state index contributed by atoms with van der Waals surface area (Å²) < 4.78 is 0. The van der Waals surface area contributed by atoms with Crippen LogP contribution in [0.15, 0.2) is 18.2 Å². The highest BCUT2D eigenvalue weighted by atomic mass is 15.1. The molecule has 0 saturated heterocycles. The van der Waals surface area contributed by atoms with E-state index in [2.05, 4.69) is 77.0 Å². The number of rotatable bonds is 6. The van der Waals surface area contributed by atoms with E-state index in [9.17, 15) is 0 Å². The molecule has 0 fully saturated rings. The van der Waals surface area contributed by atoms with Crippen LogP contribution in [0.4, 0.5) is 5.69 Å². The highest BCUT2D eigenvalue weighted by Crippen LogP contribution is 2.24. The minimum atomic E-state index is 0.318. The highest BCUT2D eigenvalue weighted by molar-refractivity contribution is 5.54. The fraction of sp³-hybridized carbons (Fsp3) is 0.667. The molecule has 0 spiro atoms. The average molecular weight is 276 g/mol. The number of nitrogens with one attached hydrogen (secondary N) is 1. The van der Waals surface area contributed by atoms with Crippen molar-refractivity contribution < 1.29 is 0 Å². The Labute approximate surface area is 125 Å². The molecule has 0 aliphatic rings. The highest BCUT2D eigenvalue weighted by Gasteiger charge is 2.15. The zero-order chi connectivity index (χ0) is 15.3. The van der Waals surface area contributed by atoms with E-state index in [1.165, 1.54) is 16.8 Å². The van der Waals surface area contributed by atoms with Crippen molar-refractivity contribution in [1.29, 1.82) is 0 Å². The standard InChI is InChI=1S/C18H32N2/c1-14(2)11-19-12-16-8-9-17(15(3)10-16)20(7)13-18(4,5)6/h8-10,14,19H,11-13H2,1-7H3. The van der Waals surface area contributed by atoms with Crippen LogP contribution >= 0.6 is 0 Å². The first kappa shape index (κ1) is 17.0. The molecule has 0 heterocycles. The Morgan fingerprint density at radius 2 is 1.85 bits per heavy atom. The maximum atomic E-state index is 3.50. The van der Waals surface area contributed by atoms with Crippen molar-refractivity contribution in [3.05, 3.63) is 29.3 Å². The predicted octanol–water partition coefficient (Wildman–Crippen LogP) is 4.22. The lowest BCUT2D eigenvalue weighted by molar-refractivity contribution is 0.419. The molecule has 2 nitrogen and oxygen atoms in total. The molecule has 1 aromatic carbocycles. The molecule has 114 valence electrons. The Hall–Kier alpha value is -1.02. The van der Waals surface area contributed by atoms with Gasteiger partial charge in [0.1, 0.15) is 0 Å². The van der Waals surface area contributed by atoms with Crippen LogP contribution in [0.5, 0.6) is 0 Å². The van der Waals surface area contributed by atoms with E-state index in [1.54, 1.807) is 0 Å². The molecule has 0 saturated carbocycles. The van der Waals surface area contributed by atoms with Crippen molar-refractivity contribution in [2.75, 3.05) is 25.0 Å². The number of benzene rings is 1. The van der Waals surface area contributed by atoms with Crippen LogP contribution < -0.4 is 10.2 Å². The first-order valence-electron chi connectivity index (χ1n) is 7.70. The van der Waals surface area contributed by atoms with Crippen LogP contribution in [0.3, 0.4) is 0 Å². The van der Waals surface area contributed by atoms with Crippen molar-refractivity contribution in [1.82, 2.24) is 5.32 Å². The minimum absolute atomic E-state index is 0.318. The summed E-state index contributed by atoms with van der Waals surface area (Å²) in [5.41, 5.74) is 4.39. The summed E-state index contributed by atoms with van der Waals surface area (Å²) in [5, 5.41) is 3.50. The maximum absolute atomic E-state index is 3.50. The third-order valence-corrected chi connectivity index (χ3v) is 3.27. The molecular weight excluding hydrogens is 244 g/mol. The Morgan fingerprint density at radius 1 is 1.20 bits per heavy atom. The molecule has 0 bridgehead atoms. The van der Waals surface area contributed by atoms with Gasteiger partial charge in [-0.2, -0.15) is 0 Å². The molecule has 20 heavy (non-hydrogen) atoms. The van der Waals surface area contributed by atoms with Crippen molar-refractivity contribution in [2.45, 2.75) is 48.1 Å². The first-order chi connectivity index (χ1) is 9.19. The van der Waals surface area contributed by atoms with Crippen molar-refractivity contribution in [3.63, 3.8) is 0 Å². The van der Waals surface area contributed by atoms with Crippen LogP contribution in [-0.2, 0) is 6.54 Å². The number of hydrogen-bond donors (Lipinski definition) is 1. The summed E-state index contributed by atoms with van der Waals surface area (Å²) in [6.07, 6.45) is 0. The van der Waals surface area contributed by atoms with Crippen LogP contribution in [0.1, 0.15) is 45.7 Å². The fourth-order valence-electron chi connectivity index (χ4n) is 2.56. The van der Waals surface area contributed by atoms with Crippen LogP contribution in [0.25, 0.3) is 0 Å². The predicted molar refractivity (Wildman–Crippen MR) is 90.4 cm³/mol. The van der Waals surface area contributed by atoms with Gasteiger partial charge in [0.25, 0.3) is 0 Å². The minimum Gasteiger partial charge on any atom is -0.374 e. The molecule has 0 aromatic heterocycles. The average Bonchev–Trinajstić information content (AvgIpc) is 2.25. The van der Waals surface area contributed by atoms with Crippen molar-refractivity contribution >= 4 is 5.69 Å². The van der Waals surface area contributed by atoms with Gasteiger partial charge in [0.05, 0.1) is 0 Å². The third-order valence-electron chi connectivity index (χ3n) is 3.27. The normalized spacial score (nSPS) is 12.0. The van der Waals surface area contributed by atoms with E-state index in [1.807, 2.05) is 0 Å². The lowest BCUT2D eigenvalue weighted by Gasteiger charge is -2.29. The van der Waals surface area contributed by atoms with Gasteiger partial charge in [-0.05, 0) is 42.0 Å². The number of aryl methyl sites for hydroxylation is 1. The van der Waals surface area contributed by atoms with Crippen LogP contribution in [0.2, 0.25) is 0 Å². The lowest BCUT2D eigenvalue weighted by Crippen LogP contribution is -2.29. The number of nitrogens with zero attached hydrogens (tertiary/aromatic N) is 1. The summed E-state index contributed by atoms with van der Waals surface area (Å²) in [5.74, 6) is 0.702. The molecule has 0 aliphatic carbocycles. The van der Waals surface area contributed by atoms with Crippen molar-refractivity contribution in [3.8, 4) is 0 Å². The SMILES string of the molecule is Cc1cc(CNCC(C)C)ccc1N(C)CC(C)(C)C. The molecule has 1 N–H and O–H groups in total. The van der Waals surface area contributed by atoms with Crippen molar-refractivity contribution in [2.24, 2.45) is 11.3 Å². The lowest BCUT2D eigenvalue weighted by atomic mass is 9.95. The molecular formula is C18H32N2. The van der Waals surface area contributed by atoms with Crippen LogP contribution in [0, 0.1) is 18.3 Å². The van der Waals surface area contributed by atoms with Gasteiger partial charge in [-0.3, -0.25) is 0 Å². The third kappa shape index (κ3) is 5.96. The topological polar surface area (TPSA) is 15.3 Å². The van der Waals surface area contributed by atoms with Gasteiger partial charge in [0.15, 0.2) is 0 Å². The first-order valence-corrected chi connectivity index (χ1v) is 7.70. The van der Waals surface area contributed by atoms with E-state index >= 15 is 0 Å². The Bertz CT molecular complexity index is 416. The Balaban J connectivity index is 2.68. The van der Waals surface area contributed by atoms with E-state index in [-0.39, 0.29) is 0 Å². The summed E-state index contributed by atoms with van der Waals surface area (Å²) in [7, 11) is 2.18. The van der Waals surface area contributed by atoms with E-state index in [0.717, 1.165) is 19.6 Å². The van der Waals surface area contributed by atoms with E-state index < -0.39 is 0 Å². The summed E-state index contributed by atoms with van der Waals surface area (Å²) >= 11 is 0. The molecule has 1 rings (SSSR count). The van der Waals surface area contributed by atoms with Gasteiger partial charge in [-0.25, -0.2) is 0 Å². The largest absolute Gasteiger partial charge is 0.374 e. The fourth-order valence-corrected chi connectivity index (χ4v) is 2.56. The summed E-state index contributed by atoms with van der Waals surface area (Å²) in [4.78, 5) is 2.36. The quantitative estimate of drug-likeness (QED) is 0.836. The molecule has 0 aliphatic heterocycles. The molecule has 0 unspecified atom stereocenters.